The number of likely N-dealkylation sites (N-methyl/N-ethyl adjacent to an activating group) is 1. The van der Waals surface area contributed by atoms with Gasteiger partial charge in [0.05, 0.1) is 24.1 Å². The van der Waals surface area contributed by atoms with E-state index in [2.05, 4.69) is 0 Å². The van der Waals surface area contributed by atoms with Crippen molar-refractivity contribution in [2.75, 3.05) is 27.8 Å². The van der Waals surface area contributed by atoms with Crippen LogP contribution in [0, 0.1) is 0 Å². The van der Waals surface area contributed by atoms with Crippen molar-refractivity contribution in [3.63, 3.8) is 0 Å². The van der Waals surface area contributed by atoms with Gasteiger partial charge < -0.3 is 9.64 Å². The molecule has 7 heteroatoms. The third-order valence-corrected chi connectivity index (χ3v) is 5.57. The van der Waals surface area contributed by atoms with Gasteiger partial charge in [-0.15, -0.1) is 0 Å². The average Bonchev–Trinajstić information content (AvgIpc) is 2.71. The Morgan fingerprint density at radius 3 is 2.50 bits per heavy atom. The van der Waals surface area contributed by atoms with Crippen LogP contribution in [-0.2, 0) is 16.1 Å². The van der Waals surface area contributed by atoms with Gasteiger partial charge in [0.15, 0.2) is 5.16 Å². The summed E-state index contributed by atoms with van der Waals surface area (Å²) in [5.41, 5.74) is 1.36. The second-order valence-electron chi connectivity index (χ2n) is 6.50. The first-order chi connectivity index (χ1) is 13.5. The fourth-order valence-corrected chi connectivity index (χ4v) is 4.11. The van der Waals surface area contributed by atoms with E-state index < -0.39 is 5.25 Å². The molecule has 0 N–H and O–H groups in total. The molecule has 0 radical (unpaired) electrons. The van der Waals surface area contributed by atoms with Gasteiger partial charge in [-0.05, 0) is 17.7 Å². The molecule has 1 heterocycles. The van der Waals surface area contributed by atoms with Crippen LogP contribution in [0.3, 0.4) is 0 Å². The first-order valence-corrected chi connectivity index (χ1v) is 9.82. The molecule has 0 saturated carbocycles. The van der Waals surface area contributed by atoms with E-state index in [0.29, 0.717) is 29.2 Å². The van der Waals surface area contributed by atoms with E-state index in [9.17, 15) is 9.59 Å². The summed E-state index contributed by atoms with van der Waals surface area (Å²) in [5, 5.41) is 0.556. The van der Waals surface area contributed by atoms with Crippen LogP contribution in [0.2, 0.25) is 0 Å². The van der Waals surface area contributed by atoms with Gasteiger partial charge in [0.2, 0.25) is 5.91 Å². The first kappa shape index (κ1) is 20.1. The molecule has 0 fully saturated rings. The van der Waals surface area contributed by atoms with E-state index in [-0.39, 0.29) is 11.5 Å². The third-order valence-electron chi connectivity index (χ3n) is 4.34. The van der Waals surface area contributed by atoms with Gasteiger partial charge in [0.1, 0.15) is 5.25 Å². The Balaban J connectivity index is 2.11. The van der Waals surface area contributed by atoms with E-state index in [1.165, 1.54) is 11.8 Å². The summed E-state index contributed by atoms with van der Waals surface area (Å²) in [5.74, 6) is -0.0584. The van der Waals surface area contributed by atoms with Crippen molar-refractivity contribution in [1.29, 1.82) is 0 Å². The Labute approximate surface area is 168 Å². The van der Waals surface area contributed by atoms with Gasteiger partial charge in [-0.3, -0.25) is 14.2 Å². The van der Waals surface area contributed by atoms with Crippen LogP contribution in [0.15, 0.2) is 64.5 Å². The number of nitrogens with zero attached hydrogens (tertiary/aromatic N) is 3. The van der Waals surface area contributed by atoms with Crippen LogP contribution < -0.4 is 5.56 Å². The van der Waals surface area contributed by atoms with E-state index in [1.54, 1.807) is 36.7 Å². The molecular weight excluding hydrogens is 374 g/mol. The maximum atomic E-state index is 13.0. The highest BCUT2D eigenvalue weighted by Crippen LogP contribution is 2.35. The minimum Gasteiger partial charge on any atom is -0.383 e. The minimum absolute atomic E-state index is 0.0584. The van der Waals surface area contributed by atoms with E-state index in [0.717, 1.165) is 5.56 Å². The number of hydrogen-bond donors (Lipinski definition) is 0. The van der Waals surface area contributed by atoms with Crippen LogP contribution in [0.4, 0.5) is 0 Å². The lowest BCUT2D eigenvalue weighted by Crippen LogP contribution is -2.29. The first-order valence-electron chi connectivity index (χ1n) is 8.94. The molecule has 28 heavy (non-hydrogen) atoms. The standard InChI is InChI=1S/C21H23N3O3S/c1-23(2)20(26)18(15-9-5-4-6-10-15)28-21-22-17-12-8-7-11-16(17)19(25)24(21)13-14-27-3/h4-12,18H,13-14H2,1-3H3/t18-/m0/s1. The molecule has 2 aromatic carbocycles. The molecule has 1 aromatic heterocycles. The molecule has 0 saturated heterocycles. The number of carbonyl (C=O) groups excluding carboxylic acids is 1. The minimum atomic E-state index is -0.502. The quantitative estimate of drug-likeness (QED) is 0.453. The van der Waals surface area contributed by atoms with Gasteiger partial charge in [0, 0.05) is 21.2 Å². The highest BCUT2D eigenvalue weighted by molar-refractivity contribution is 8.00. The Hall–Kier alpha value is -2.64. The van der Waals surface area contributed by atoms with Gasteiger partial charge in [-0.1, -0.05) is 54.2 Å². The number of hydrogen-bond acceptors (Lipinski definition) is 5. The number of methoxy groups -OCH3 is 1. The Morgan fingerprint density at radius 2 is 1.82 bits per heavy atom. The predicted octanol–water partition coefficient (Wildman–Crippen LogP) is 2.96. The zero-order valence-corrected chi connectivity index (χ0v) is 17.0. The van der Waals surface area contributed by atoms with Gasteiger partial charge in [0.25, 0.3) is 5.56 Å². The number of para-hydroxylation sites is 1. The lowest BCUT2D eigenvalue weighted by molar-refractivity contribution is -0.128. The van der Waals surface area contributed by atoms with Crippen molar-refractivity contribution < 1.29 is 9.53 Å². The molecule has 0 unspecified atom stereocenters. The highest BCUT2D eigenvalue weighted by Gasteiger charge is 2.26. The number of ether oxygens (including phenoxy) is 1. The smallest absolute Gasteiger partial charge is 0.262 e. The molecule has 1 atom stereocenters. The molecule has 0 bridgehead atoms. The summed E-state index contributed by atoms with van der Waals surface area (Å²) in [6.45, 7) is 0.748. The Morgan fingerprint density at radius 1 is 1.14 bits per heavy atom. The molecule has 0 aliphatic rings. The molecule has 0 aliphatic carbocycles. The number of amides is 1. The summed E-state index contributed by atoms with van der Waals surface area (Å²) in [7, 11) is 5.05. The molecule has 0 aliphatic heterocycles. The van der Waals surface area contributed by atoms with Crippen molar-refractivity contribution in [2.45, 2.75) is 17.0 Å². The molecule has 3 rings (SSSR count). The van der Waals surface area contributed by atoms with Crippen LogP contribution in [0.5, 0.6) is 0 Å². The molecule has 3 aromatic rings. The third kappa shape index (κ3) is 4.26. The van der Waals surface area contributed by atoms with Crippen molar-refractivity contribution in [3.8, 4) is 0 Å². The molecule has 1 amide bonds. The fraction of sp³-hybridized carbons (Fsp3) is 0.286. The van der Waals surface area contributed by atoms with Crippen molar-refractivity contribution >= 4 is 28.6 Å². The van der Waals surface area contributed by atoms with Crippen LogP contribution >= 0.6 is 11.8 Å². The van der Waals surface area contributed by atoms with E-state index in [1.807, 2.05) is 48.5 Å². The zero-order valence-electron chi connectivity index (χ0n) is 16.2. The van der Waals surface area contributed by atoms with Crippen molar-refractivity contribution in [3.05, 3.63) is 70.5 Å². The number of fused-ring (bicyclic) bond motifs is 1. The van der Waals surface area contributed by atoms with E-state index >= 15 is 0 Å². The molecular formula is C21H23N3O3S. The van der Waals surface area contributed by atoms with Gasteiger partial charge in [-0.25, -0.2) is 4.98 Å². The molecule has 6 nitrogen and oxygen atoms in total. The lowest BCUT2D eigenvalue weighted by atomic mass is 10.1. The monoisotopic (exact) mass is 397 g/mol. The molecule has 0 spiro atoms. The number of rotatable bonds is 7. The summed E-state index contributed by atoms with van der Waals surface area (Å²) >= 11 is 1.29. The van der Waals surface area contributed by atoms with E-state index in [4.69, 9.17) is 9.72 Å². The van der Waals surface area contributed by atoms with Crippen molar-refractivity contribution in [2.24, 2.45) is 0 Å². The Kier molecular flexibility index (Phi) is 6.49. The fourth-order valence-electron chi connectivity index (χ4n) is 2.85. The number of aromatic nitrogens is 2. The normalized spacial score (nSPS) is 12.1. The zero-order chi connectivity index (χ0) is 20.1. The number of carbonyl (C=O) groups is 1. The summed E-state index contributed by atoms with van der Waals surface area (Å²) in [6.07, 6.45) is 0. The summed E-state index contributed by atoms with van der Waals surface area (Å²) < 4.78 is 6.76. The topological polar surface area (TPSA) is 64.4 Å². The Bertz CT molecular complexity index is 1020. The number of thioether (sulfide) groups is 1. The molecule has 146 valence electrons. The average molecular weight is 398 g/mol. The maximum Gasteiger partial charge on any atom is 0.262 e. The summed E-state index contributed by atoms with van der Waals surface area (Å²) in [4.78, 5) is 32.2. The van der Waals surface area contributed by atoms with Crippen LogP contribution in [0.25, 0.3) is 10.9 Å². The van der Waals surface area contributed by atoms with Gasteiger partial charge in [-0.2, -0.15) is 0 Å². The van der Waals surface area contributed by atoms with Crippen LogP contribution in [0.1, 0.15) is 10.8 Å². The lowest BCUT2D eigenvalue weighted by Gasteiger charge is -2.22. The number of benzene rings is 2. The SMILES string of the molecule is COCCn1c(S[C@H](C(=O)N(C)C)c2ccccc2)nc2ccccc2c1=O. The summed E-state index contributed by atoms with van der Waals surface area (Å²) in [6, 6.07) is 16.8. The van der Waals surface area contributed by atoms with Gasteiger partial charge >= 0.3 is 0 Å². The predicted molar refractivity (Wildman–Crippen MR) is 112 cm³/mol. The largest absolute Gasteiger partial charge is 0.383 e. The van der Waals surface area contributed by atoms with Crippen LogP contribution in [-0.4, -0.2) is 48.2 Å². The van der Waals surface area contributed by atoms with Crippen molar-refractivity contribution in [1.82, 2.24) is 14.5 Å². The highest BCUT2D eigenvalue weighted by atomic mass is 32.2. The second kappa shape index (κ2) is 9.03. The second-order valence-corrected chi connectivity index (χ2v) is 7.57. The maximum absolute atomic E-state index is 13.0.